The Labute approximate surface area is 231 Å². The molecular formula is C28H23N3O4S3. The van der Waals surface area contributed by atoms with Crippen molar-refractivity contribution >= 4 is 63.5 Å². The maximum atomic E-state index is 13.8. The van der Waals surface area contributed by atoms with E-state index in [0.29, 0.717) is 16.4 Å². The predicted molar refractivity (Wildman–Crippen MR) is 151 cm³/mol. The van der Waals surface area contributed by atoms with E-state index >= 15 is 0 Å². The summed E-state index contributed by atoms with van der Waals surface area (Å²) < 4.78 is 1.45. The van der Waals surface area contributed by atoms with Gasteiger partial charge < -0.3 is 5.32 Å². The molecule has 1 saturated heterocycles. The van der Waals surface area contributed by atoms with Crippen molar-refractivity contribution in [1.82, 2.24) is 4.57 Å². The highest BCUT2D eigenvalue weighted by Gasteiger charge is 2.57. The maximum Gasteiger partial charge on any atom is 0.308 e. The molecule has 2 aromatic heterocycles. The number of imide groups is 1. The predicted octanol–water partition coefficient (Wildman–Crippen LogP) is 5.02. The molecule has 0 spiro atoms. The van der Waals surface area contributed by atoms with Crippen LogP contribution in [-0.2, 0) is 20.9 Å². The number of amides is 3. The van der Waals surface area contributed by atoms with Crippen LogP contribution in [0.25, 0.3) is 0 Å². The van der Waals surface area contributed by atoms with Crippen LogP contribution in [0.2, 0.25) is 0 Å². The average molecular weight is 562 g/mol. The Hall–Kier alpha value is -3.47. The molecule has 7 nitrogen and oxygen atoms in total. The van der Waals surface area contributed by atoms with Crippen molar-refractivity contribution in [2.75, 3.05) is 10.2 Å². The second-order valence-corrected chi connectivity index (χ2v) is 12.5. The number of thioether (sulfide) groups is 1. The van der Waals surface area contributed by atoms with Crippen molar-refractivity contribution in [1.29, 1.82) is 0 Å². The standard InChI is InChI=1S/C28H23N3O4S3/c1-15-9-11-17(12-10-15)31-25(33)22-21(19-8-5-13-36-19)24-27(37-23(22)26(31)34)30(28(35)38-24)14-20(32)29-18-7-4-3-6-16(18)2/h3-13,21-23H,14H2,1-2H3,(H,29,32)/t21-,22-,23+/m0/s1. The summed E-state index contributed by atoms with van der Waals surface area (Å²) in [6.45, 7) is 3.68. The summed E-state index contributed by atoms with van der Waals surface area (Å²) in [5, 5.41) is 4.71. The third-order valence-corrected chi connectivity index (χ3v) is 10.5. The lowest BCUT2D eigenvalue weighted by molar-refractivity contribution is -0.122. The van der Waals surface area contributed by atoms with Gasteiger partial charge in [0.2, 0.25) is 17.7 Å². The van der Waals surface area contributed by atoms with Gasteiger partial charge in [0.05, 0.1) is 16.6 Å². The van der Waals surface area contributed by atoms with Gasteiger partial charge in [-0.3, -0.25) is 23.7 Å². The Bertz CT molecular complexity index is 1620. The average Bonchev–Trinajstić information content (AvgIpc) is 3.59. The summed E-state index contributed by atoms with van der Waals surface area (Å²) in [5.41, 5.74) is 3.18. The van der Waals surface area contributed by atoms with Crippen LogP contribution < -0.4 is 15.1 Å². The van der Waals surface area contributed by atoms with Crippen molar-refractivity contribution < 1.29 is 14.4 Å². The number of benzene rings is 2. The molecule has 1 N–H and O–H groups in total. The van der Waals surface area contributed by atoms with E-state index in [-0.39, 0.29) is 29.1 Å². The molecule has 3 amide bonds. The van der Waals surface area contributed by atoms with Crippen LogP contribution in [0.4, 0.5) is 11.4 Å². The fraction of sp³-hybridized carbons (Fsp3) is 0.214. The molecule has 0 aliphatic carbocycles. The highest BCUT2D eigenvalue weighted by molar-refractivity contribution is 8.00. The number of para-hydroxylation sites is 1. The number of thiophene rings is 1. The van der Waals surface area contributed by atoms with Crippen LogP contribution in [0.5, 0.6) is 0 Å². The van der Waals surface area contributed by atoms with Gasteiger partial charge in [0.1, 0.15) is 11.8 Å². The normalized spacial score (nSPS) is 20.4. The van der Waals surface area contributed by atoms with Crippen LogP contribution in [0.1, 0.15) is 26.8 Å². The van der Waals surface area contributed by atoms with Crippen molar-refractivity contribution in [2.24, 2.45) is 5.92 Å². The quantitative estimate of drug-likeness (QED) is 0.346. The number of rotatable bonds is 5. The van der Waals surface area contributed by atoms with Gasteiger partial charge in [0.25, 0.3) is 0 Å². The lowest BCUT2D eigenvalue weighted by atomic mass is 9.87. The number of carbonyl (C=O) groups excluding carboxylic acids is 3. The zero-order valence-corrected chi connectivity index (χ0v) is 23.0. The number of anilines is 2. The van der Waals surface area contributed by atoms with Crippen LogP contribution in [0, 0.1) is 19.8 Å². The van der Waals surface area contributed by atoms with Gasteiger partial charge in [-0.2, -0.15) is 0 Å². The fourth-order valence-electron chi connectivity index (χ4n) is 5.02. The number of nitrogens with zero attached hydrogens (tertiary/aromatic N) is 2. The molecule has 0 bridgehead atoms. The van der Waals surface area contributed by atoms with Crippen LogP contribution in [-0.4, -0.2) is 27.5 Å². The fourth-order valence-corrected chi connectivity index (χ4v) is 8.75. The highest BCUT2D eigenvalue weighted by Crippen LogP contribution is 2.54. The van der Waals surface area contributed by atoms with E-state index in [0.717, 1.165) is 32.2 Å². The molecule has 3 atom stereocenters. The zero-order chi connectivity index (χ0) is 26.6. The lowest BCUT2D eigenvalue weighted by Crippen LogP contribution is -2.32. The summed E-state index contributed by atoms with van der Waals surface area (Å²) in [4.78, 5) is 56.3. The van der Waals surface area contributed by atoms with Crippen molar-refractivity contribution in [3.05, 3.63) is 96.6 Å². The molecule has 0 radical (unpaired) electrons. The molecule has 1 fully saturated rings. The molecule has 2 aromatic carbocycles. The first-order chi connectivity index (χ1) is 18.3. The molecule has 10 heteroatoms. The maximum absolute atomic E-state index is 13.8. The Kier molecular flexibility index (Phi) is 6.33. The van der Waals surface area contributed by atoms with E-state index < -0.39 is 17.1 Å². The van der Waals surface area contributed by atoms with Gasteiger partial charge in [0.15, 0.2) is 0 Å². The number of carbonyl (C=O) groups is 3. The van der Waals surface area contributed by atoms with Gasteiger partial charge in [-0.1, -0.05) is 65.1 Å². The second-order valence-electron chi connectivity index (χ2n) is 9.39. The Morgan fingerprint density at radius 1 is 0.947 bits per heavy atom. The van der Waals surface area contributed by atoms with Gasteiger partial charge in [-0.25, -0.2) is 4.90 Å². The minimum Gasteiger partial charge on any atom is -0.324 e. The molecule has 4 aromatic rings. The van der Waals surface area contributed by atoms with Gasteiger partial charge in [0, 0.05) is 21.4 Å². The number of hydrogen-bond donors (Lipinski definition) is 1. The van der Waals surface area contributed by atoms with Crippen molar-refractivity contribution in [3.8, 4) is 0 Å². The first kappa shape index (κ1) is 24.8. The highest BCUT2D eigenvalue weighted by atomic mass is 32.2. The lowest BCUT2D eigenvalue weighted by Gasteiger charge is -2.29. The first-order valence-corrected chi connectivity index (χ1v) is 14.6. The monoisotopic (exact) mass is 561 g/mol. The third-order valence-electron chi connectivity index (χ3n) is 6.91. The summed E-state index contributed by atoms with van der Waals surface area (Å²) >= 11 is 3.79. The van der Waals surface area contributed by atoms with Gasteiger partial charge in [-0.05, 0) is 49.1 Å². The third kappa shape index (κ3) is 4.13. The molecule has 4 heterocycles. The Balaban J connectivity index is 1.39. The van der Waals surface area contributed by atoms with Gasteiger partial charge >= 0.3 is 4.87 Å². The molecule has 38 heavy (non-hydrogen) atoms. The molecule has 2 aliphatic rings. The Morgan fingerprint density at radius 3 is 2.42 bits per heavy atom. The summed E-state index contributed by atoms with van der Waals surface area (Å²) in [6.07, 6.45) is 0. The molecule has 192 valence electrons. The first-order valence-electron chi connectivity index (χ1n) is 12.1. The largest absolute Gasteiger partial charge is 0.324 e. The summed E-state index contributed by atoms with van der Waals surface area (Å²) in [6, 6.07) is 18.6. The number of hydrogen-bond acceptors (Lipinski definition) is 7. The number of thiazole rings is 1. The zero-order valence-electron chi connectivity index (χ0n) is 20.5. The van der Waals surface area contributed by atoms with Gasteiger partial charge in [-0.15, -0.1) is 11.3 Å². The van der Waals surface area contributed by atoms with E-state index in [1.165, 1.54) is 32.6 Å². The van der Waals surface area contributed by atoms with Crippen molar-refractivity contribution in [3.63, 3.8) is 0 Å². The van der Waals surface area contributed by atoms with Crippen molar-refractivity contribution in [2.45, 2.75) is 36.6 Å². The van der Waals surface area contributed by atoms with Crippen LogP contribution >= 0.6 is 34.4 Å². The summed E-state index contributed by atoms with van der Waals surface area (Å²) in [7, 11) is 0. The minimum atomic E-state index is -0.692. The number of aromatic nitrogens is 1. The summed E-state index contributed by atoms with van der Waals surface area (Å²) in [5.74, 6) is -1.94. The van der Waals surface area contributed by atoms with E-state index in [1.807, 2.05) is 67.8 Å². The number of nitrogens with one attached hydrogen (secondary N) is 1. The molecular weight excluding hydrogens is 539 g/mol. The van der Waals surface area contributed by atoms with Crippen LogP contribution in [0.15, 0.2) is 75.9 Å². The topological polar surface area (TPSA) is 88.5 Å². The second kappa shape index (κ2) is 9.68. The molecule has 0 saturated carbocycles. The van der Waals surface area contributed by atoms with E-state index in [4.69, 9.17) is 0 Å². The molecule has 2 aliphatic heterocycles. The number of aryl methyl sites for hydroxylation is 2. The van der Waals surface area contributed by atoms with Crippen LogP contribution in [0.3, 0.4) is 0 Å². The number of fused-ring (bicyclic) bond motifs is 2. The SMILES string of the molecule is Cc1ccc(N2C(=O)[C@H]3[C@H](c4cccs4)c4sc(=O)n(CC(=O)Nc5ccccc5C)c4S[C@H]3C2=O)cc1. The van der Waals surface area contributed by atoms with E-state index in [9.17, 15) is 19.2 Å². The molecule has 0 unspecified atom stereocenters. The smallest absolute Gasteiger partial charge is 0.308 e. The molecule has 6 rings (SSSR count). The Morgan fingerprint density at radius 2 is 1.71 bits per heavy atom. The van der Waals surface area contributed by atoms with E-state index in [2.05, 4.69) is 5.32 Å². The minimum absolute atomic E-state index is 0.176. The van der Waals surface area contributed by atoms with E-state index in [1.54, 1.807) is 12.1 Å².